The molecule has 0 radical (unpaired) electrons. The highest BCUT2D eigenvalue weighted by molar-refractivity contribution is 5.96. The van der Waals surface area contributed by atoms with Crippen molar-refractivity contribution in [3.8, 4) is 0 Å². The fourth-order valence-electron chi connectivity index (χ4n) is 1.92. The van der Waals surface area contributed by atoms with Crippen LogP contribution in [0.2, 0.25) is 0 Å². The van der Waals surface area contributed by atoms with Crippen molar-refractivity contribution in [2.24, 2.45) is 7.05 Å². The number of hydrogen-bond donors (Lipinski definition) is 0. The van der Waals surface area contributed by atoms with Crippen molar-refractivity contribution in [1.29, 1.82) is 0 Å². The lowest BCUT2D eigenvalue weighted by molar-refractivity contribution is 0.0983. The van der Waals surface area contributed by atoms with Crippen molar-refractivity contribution < 1.29 is 4.79 Å². The van der Waals surface area contributed by atoms with Gasteiger partial charge in [0.2, 0.25) is 0 Å². The van der Waals surface area contributed by atoms with E-state index in [1.54, 1.807) is 4.68 Å². The van der Waals surface area contributed by atoms with Gasteiger partial charge in [-0.05, 0) is 43.0 Å². The lowest BCUT2D eigenvalue weighted by Gasteiger charge is -2.04. The second-order valence-electron chi connectivity index (χ2n) is 4.74. The third-order valence-electron chi connectivity index (χ3n) is 3.23. The number of benzene rings is 1. The van der Waals surface area contributed by atoms with E-state index in [9.17, 15) is 4.79 Å². The molecule has 18 heavy (non-hydrogen) atoms. The smallest absolute Gasteiger partial charge is 0.163 e. The first kappa shape index (κ1) is 12.6. The average Bonchev–Trinajstić information content (AvgIpc) is 2.75. The highest BCUT2D eigenvalue weighted by Crippen LogP contribution is 2.13. The van der Waals surface area contributed by atoms with Crippen LogP contribution in [0.25, 0.3) is 0 Å². The van der Waals surface area contributed by atoms with E-state index in [2.05, 4.69) is 12.0 Å². The summed E-state index contributed by atoms with van der Waals surface area (Å²) in [6.45, 7) is 4.09. The second kappa shape index (κ2) is 5.17. The number of aromatic nitrogens is 2. The maximum atomic E-state index is 12.1. The van der Waals surface area contributed by atoms with Crippen LogP contribution >= 0.6 is 0 Å². The minimum absolute atomic E-state index is 0.196. The first-order valence-corrected chi connectivity index (χ1v) is 6.14. The minimum Gasteiger partial charge on any atom is -0.294 e. The van der Waals surface area contributed by atoms with Crippen molar-refractivity contribution in [1.82, 2.24) is 9.78 Å². The lowest BCUT2D eigenvalue weighted by Crippen LogP contribution is -2.01. The molecule has 0 unspecified atom stereocenters. The van der Waals surface area contributed by atoms with Gasteiger partial charge in [0, 0.05) is 25.2 Å². The minimum atomic E-state index is 0.196. The number of hydrogen-bond acceptors (Lipinski definition) is 2. The van der Waals surface area contributed by atoms with Crippen molar-refractivity contribution in [3.05, 3.63) is 52.8 Å². The molecule has 2 rings (SSSR count). The van der Waals surface area contributed by atoms with Crippen LogP contribution in [-0.2, 0) is 13.5 Å². The van der Waals surface area contributed by atoms with Gasteiger partial charge in [-0.2, -0.15) is 5.10 Å². The van der Waals surface area contributed by atoms with E-state index in [1.807, 2.05) is 44.6 Å². The number of aryl methyl sites for hydroxylation is 4. The predicted molar refractivity (Wildman–Crippen MR) is 71.8 cm³/mol. The highest BCUT2D eigenvalue weighted by Gasteiger charge is 2.07. The predicted octanol–water partition coefficient (Wildman–Crippen LogP) is 2.85. The molecule has 94 valence electrons. The van der Waals surface area contributed by atoms with Crippen molar-refractivity contribution in [2.45, 2.75) is 26.7 Å². The molecule has 0 aliphatic heterocycles. The van der Waals surface area contributed by atoms with Gasteiger partial charge in [-0.3, -0.25) is 9.48 Å². The zero-order chi connectivity index (χ0) is 13.1. The summed E-state index contributed by atoms with van der Waals surface area (Å²) in [6.07, 6.45) is 5.05. The topological polar surface area (TPSA) is 34.9 Å². The molecule has 0 N–H and O–H groups in total. The molecular formula is C15H18N2O. The van der Waals surface area contributed by atoms with Crippen LogP contribution in [0, 0.1) is 13.8 Å². The maximum Gasteiger partial charge on any atom is 0.163 e. The fourth-order valence-corrected chi connectivity index (χ4v) is 1.92. The summed E-state index contributed by atoms with van der Waals surface area (Å²) < 4.78 is 1.76. The molecule has 0 saturated heterocycles. The van der Waals surface area contributed by atoms with Crippen LogP contribution in [0.5, 0.6) is 0 Å². The molecule has 0 aliphatic carbocycles. The summed E-state index contributed by atoms with van der Waals surface area (Å²) in [4.78, 5) is 12.1. The van der Waals surface area contributed by atoms with Crippen molar-refractivity contribution in [3.63, 3.8) is 0 Å². The lowest BCUT2D eigenvalue weighted by atomic mass is 10.0. The van der Waals surface area contributed by atoms with Crippen LogP contribution in [0.15, 0.2) is 30.6 Å². The Morgan fingerprint density at radius 1 is 1.28 bits per heavy atom. The Morgan fingerprint density at radius 3 is 2.67 bits per heavy atom. The Hall–Kier alpha value is -1.90. The summed E-state index contributed by atoms with van der Waals surface area (Å²) in [5.41, 5.74) is 4.30. The Bertz CT molecular complexity index is 570. The third kappa shape index (κ3) is 2.86. The second-order valence-corrected chi connectivity index (χ2v) is 4.74. The van der Waals surface area contributed by atoms with Crippen molar-refractivity contribution in [2.75, 3.05) is 0 Å². The molecular weight excluding hydrogens is 224 g/mol. The van der Waals surface area contributed by atoms with E-state index in [-0.39, 0.29) is 5.78 Å². The van der Waals surface area contributed by atoms with Crippen LogP contribution in [-0.4, -0.2) is 15.6 Å². The third-order valence-corrected chi connectivity index (χ3v) is 3.23. The van der Waals surface area contributed by atoms with Gasteiger partial charge in [0.25, 0.3) is 0 Å². The molecule has 0 spiro atoms. The normalized spacial score (nSPS) is 10.6. The molecule has 1 heterocycles. The Morgan fingerprint density at radius 2 is 2.06 bits per heavy atom. The Balaban J connectivity index is 2.01. The Kier molecular flexibility index (Phi) is 3.60. The summed E-state index contributed by atoms with van der Waals surface area (Å²) in [7, 11) is 1.88. The zero-order valence-corrected chi connectivity index (χ0v) is 11.1. The van der Waals surface area contributed by atoms with Crippen LogP contribution in [0.1, 0.15) is 33.5 Å². The van der Waals surface area contributed by atoms with Gasteiger partial charge in [-0.1, -0.05) is 12.1 Å². The molecule has 0 saturated carbocycles. The van der Waals surface area contributed by atoms with Gasteiger partial charge in [-0.15, -0.1) is 0 Å². The summed E-state index contributed by atoms with van der Waals surface area (Å²) in [6, 6.07) is 5.89. The maximum absolute atomic E-state index is 12.1. The van der Waals surface area contributed by atoms with Crippen LogP contribution in [0.4, 0.5) is 0 Å². The van der Waals surface area contributed by atoms with Gasteiger partial charge in [0.15, 0.2) is 5.78 Å². The largest absolute Gasteiger partial charge is 0.294 e. The first-order chi connectivity index (χ1) is 8.56. The average molecular weight is 242 g/mol. The zero-order valence-electron chi connectivity index (χ0n) is 11.1. The van der Waals surface area contributed by atoms with E-state index in [1.165, 1.54) is 11.1 Å². The monoisotopic (exact) mass is 242 g/mol. The van der Waals surface area contributed by atoms with E-state index < -0.39 is 0 Å². The SMILES string of the molecule is Cc1ccc(C(=O)CCc2cnn(C)c2)cc1C. The van der Waals surface area contributed by atoms with E-state index in [0.717, 1.165) is 17.5 Å². The molecule has 0 bridgehead atoms. The molecule has 1 aromatic heterocycles. The molecule has 3 heteroatoms. The van der Waals surface area contributed by atoms with E-state index >= 15 is 0 Å². The first-order valence-electron chi connectivity index (χ1n) is 6.14. The number of carbonyl (C=O) groups is 1. The molecule has 3 nitrogen and oxygen atoms in total. The van der Waals surface area contributed by atoms with E-state index in [4.69, 9.17) is 0 Å². The fraction of sp³-hybridized carbons (Fsp3) is 0.333. The van der Waals surface area contributed by atoms with Crippen molar-refractivity contribution >= 4 is 5.78 Å². The van der Waals surface area contributed by atoms with Gasteiger partial charge in [0.1, 0.15) is 0 Å². The molecule has 2 aromatic rings. The molecule has 0 aliphatic rings. The van der Waals surface area contributed by atoms with Crippen LogP contribution in [0.3, 0.4) is 0 Å². The quantitative estimate of drug-likeness (QED) is 0.773. The van der Waals surface area contributed by atoms with Gasteiger partial charge in [-0.25, -0.2) is 0 Å². The number of carbonyl (C=O) groups excluding carboxylic acids is 1. The number of rotatable bonds is 4. The number of Topliss-reactive ketones (excluding diaryl/α,β-unsaturated/α-hetero) is 1. The van der Waals surface area contributed by atoms with E-state index in [0.29, 0.717) is 6.42 Å². The summed E-state index contributed by atoms with van der Waals surface area (Å²) in [5, 5.41) is 4.10. The highest BCUT2D eigenvalue weighted by atomic mass is 16.1. The van der Waals surface area contributed by atoms with Crippen LogP contribution < -0.4 is 0 Å². The molecule has 0 amide bonds. The molecule has 0 atom stereocenters. The standard InChI is InChI=1S/C15H18N2O/c1-11-4-6-14(8-12(11)2)15(18)7-5-13-9-16-17(3)10-13/h4,6,8-10H,5,7H2,1-3H3. The van der Waals surface area contributed by atoms with Gasteiger partial charge < -0.3 is 0 Å². The Labute approximate surface area is 107 Å². The summed E-state index contributed by atoms with van der Waals surface area (Å²) >= 11 is 0. The summed E-state index contributed by atoms with van der Waals surface area (Å²) in [5.74, 6) is 0.196. The van der Waals surface area contributed by atoms with Gasteiger partial charge in [0.05, 0.1) is 6.20 Å². The number of nitrogens with zero attached hydrogens (tertiary/aromatic N) is 2. The number of ketones is 1. The van der Waals surface area contributed by atoms with Gasteiger partial charge >= 0.3 is 0 Å². The molecule has 1 aromatic carbocycles. The molecule has 0 fully saturated rings.